The van der Waals surface area contributed by atoms with Gasteiger partial charge in [0.2, 0.25) is 0 Å². The molecule has 0 aromatic heterocycles. The maximum absolute atomic E-state index is 10.5. The summed E-state index contributed by atoms with van der Waals surface area (Å²) < 4.78 is 0. The van der Waals surface area contributed by atoms with Crippen LogP contribution in [0.1, 0.15) is 5.56 Å². The molecular weight excluding hydrogens is 248 g/mol. The van der Waals surface area contributed by atoms with Crippen LogP contribution < -0.4 is 5.73 Å². The van der Waals surface area contributed by atoms with E-state index in [0.717, 1.165) is 12.1 Å². The second-order valence-electron chi connectivity index (χ2n) is 3.23. The Morgan fingerprint density at radius 2 is 2.12 bits per heavy atom. The van der Waals surface area contributed by atoms with Crippen LogP contribution in [-0.4, -0.2) is 27.1 Å². The fraction of sp³-hybridized carbons (Fsp3) is 0.222. The molecule has 0 saturated heterocycles. The van der Waals surface area contributed by atoms with Gasteiger partial charge in [-0.2, -0.15) is 13.5 Å². The van der Waals surface area contributed by atoms with Crippen molar-refractivity contribution < 1.29 is 19.9 Å². The highest BCUT2D eigenvalue weighted by molar-refractivity contribution is 7.59. The quantitative estimate of drug-likeness (QED) is 0.530. The minimum absolute atomic E-state index is 0. The first-order valence-electron chi connectivity index (χ1n) is 4.36. The SMILES string of the molecule is NC(Cc1ccc(O)c([N+](=O)[O-])c1)C(=O)O.S. The zero-order chi connectivity index (χ0) is 12.3. The number of hydrogen-bond donors (Lipinski definition) is 3. The van der Waals surface area contributed by atoms with Crippen molar-refractivity contribution in [2.45, 2.75) is 12.5 Å². The van der Waals surface area contributed by atoms with E-state index in [4.69, 9.17) is 15.9 Å². The van der Waals surface area contributed by atoms with E-state index in [2.05, 4.69) is 0 Å². The smallest absolute Gasteiger partial charge is 0.320 e. The number of nitro groups is 1. The molecule has 0 aliphatic heterocycles. The van der Waals surface area contributed by atoms with E-state index in [0.29, 0.717) is 5.56 Å². The number of carboxylic acids is 1. The number of nitro benzene ring substituents is 1. The van der Waals surface area contributed by atoms with Gasteiger partial charge in [0.05, 0.1) is 4.92 Å². The van der Waals surface area contributed by atoms with E-state index in [1.165, 1.54) is 6.07 Å². The average Bonchev–Trinajstić information content (AvgIpc) is 2.20. The molecule has 0 amide bonds. The molecule has 4 N–H and O–H groups in total. The molecule has 1 aromatic rings. The van der Waals surface area contributed by atoms with Gasteiger partial charge in [0.1, 0.15) is 6.04 Å². The lowest BCUT2D eigenvalue weighted by atomic mass is 10.1. The van der Waals surface area contributed by atoms with Gasteiger partial charge >= 0.3 is 11.7 Å². The van der Waals surface area contributed by atoms with Crippen LogP contribution >= 0.6 is 13.5 Å². The first-order valence-corrected chi connectivity index (χ1v) is 4.36. The van der Waals surface area contributed by atoms with Gasteiger partial charge < -0.3 is 15.9 Å². The molecule has 0 fully saturated rings. The Labute approximate surface area is 103 Å². The molecule has 0 bridgehead atoms. The van der Waals surface area contributed by atoms with Crippen molar-refractivity contribution in [3.05, 3.63) is 33.9 Å². The lowest BCUT2D eigenvalue weighted by molar-refractivity contribution is -0.385. The van der Waals surface area contributed by atoms with Crippen molar-refractivity contribution in [1.82, 2.24) is 0 Å². The van der Waals surface area contributed by atoms with Crippen LogP contribution in [0.2, 0.25) is 0 Å². The molecule has 0 aliphatic carbocycles. The number of benzene rings is 1. The number of carbonyl (C=O) groups is 1. The predicted molar refractivity (Wildman–Crippen MR) is 64.5 cm³/mol. The van der Waals surface area contributed by atoms with Gasteiger partial charge in [-0.1, -0.05) is 6.07 Å². The third-order valence-electron chi connectivity index (χ3n) is 2.01. The van der Waals surface area contributed by atoms with E-state index in [1.807, 2.05) is 0 Å². The van der Waals surface area contributed by atoms with E-state index in [9.17, 15) is 14.9 Å². The van der Waals surface area contributed by atoms with Gasteiger partial charge in [0, 0.05) is 6.07 Å². The Bertz CT molecular complexity index is 437. The molecule has 0 saturated carbocycles. The van der Waals surface area contributed by atoms with Gasteiger partial charge in [0.15, 0.2) is 5.75 Å². The first kappa shape index (κ1) is 15.2. The van der Waals surface area contributed by atoms with Crippen LogP contribution in [0, 0.1) is 10.1 Å². The summed E-state index contributed by atoms with van der Waals surface area (Å²) in [6, 6.07) is 2.52. The van der Waals surface area contributed by atoms with Gasteiger partial charge in [-0.05, 0) is 18.1 Å². The summed E-state index contributed by atoms with van der Waals surface area (Å²) in [5.74, 6) is -1.65. The molecule has 1 unspecified atom stereocenters. The molecular formula is C9H12N2O5S. The number of phenols is 1. The highest BCUT2D eigenvalue weighted by Gasteiger charge is 2.17. The number of aromatic hydroxyl groups is 1. The number of nitrogens with zero attached hydrogens (tertiary/aromatic N) is 1. The summed E-state index contributed by atoms with van der Waals surface area (Å²) in [5.41, 5.74) is 5.21. The van der Waals surface area contributed by atoms with Crippen molar-refractivity contribution >= 4 is 25.2 Å². The average molecular weight is 260 g/mol. The third-order valence-corrected chi connectivity index (χ3v) is 2.01. The predicted octanol–water partition coefficient (Wildman–Crippen LogP) is 0.368. The molecule has 0 aliphatic rings. The number of aliphatic carboxylic acids is 1. The monoisotopic (exact) mass is 260 g/mol. The number of phenolic OH excluding ortho intramolecular Hbond substituents is 1. The fourth-order valence-electron chi connectivity index (χ4n) is 1.18. The topological polar surface area (TPSA) is 127 Å². The molecule has 1 atom stereocenters. The summed E-state index contributed by atoms with van der Waals surface area (Å²) in [6.45, 7) is 0. The maximum atomic E-state index is 10.5. The Hall–Kier alpha value is -1.80. The maximum Gasteiger partial charge on any atom is 0.320 e. The van der Waals surface area contributed by atoms with Crippen LogP contribution in [0.5, 0.6) is 5.75 Å². The minimum Gasteiger partial charge on any atom is -0.502 e. The van der Waals surface area contributed by atoms with E-state index >= 15 is 0 Å². The standard InChI is InChI=1S/C9H10N2O5.H2S/c10-6(9(13)14)3-5-1-2-8(12)7(4-5)11(15)16;/h1-2,4,6,12H,3,10H2,(H,13,14);1H2. The molecule has 17 heavy (non-hydrogen) atoms. The van der Waals surface area contributed by atoms with Gasteiger partial charge in [-0.3, -0.25) is 14.9 Å². The van der Waals surface area contributed by atoms with Gasteiger partial charge in [-0.15, -0.1) is 0 Å². The van der Waals surface area contributed by atoms with Crippen molar-refractivity contribution in [3.8, 4) is 5.75 Å². The van der Waals surface area contributed by atoms with E-state index < -0.39 is 28.4 Å². The fourth-order valence-corrected chi connectivity index (χ4v) is 1.18. The molecule has 8 heteroatoms. The highest BCUT2D eigenvalue weighted by Crippen LogP contribution is 2.26. The Morgan fingerprint density at radius 3 is 2.59 bits per heavy atom. The summed E-state index contributed by atoms with van der Waals surface area (Å²) in [6.07, 6.45) is -0.0313. The summed E-state index contributed by atoms with van der Waals surface area (Å²) >= 11 is 0. The minimum atomic E-state index is -1.18. The molecule has 0 radical (unpaired) electrons. The third kappa shape index (κ3) is 3.93. The second-order valence-corrected chi connectivity index (χ2v) is 3.23. The van der Waals surface area contributed by atoms with Crippen LogP contribution in [0.4, 0.5) is 5.69 Å². The van der Waals surface area contributed by atoms with Crippen molar-refractivity contribution in [2.24, 2.45) is 5.73 Å². The summed E-state index contributed by atoms with van der Waals surface area (Å²) in [5, 5.41) is 28.2. The highest BCUT2D eigenvalue weighted by atomic mass is 32.1. The van der Waals surface area contributed by atoms with Crippen molar-refractivity contribution in [1.29, 1.82) is 0 Å². The lowest BCUT2D eigenvalue weighted by Crippen LogP contribution is -2.32. The summed E-state index contributed by atoms with van der Waals surface area (Å²) in [4.78, 5) is 20.2. The molecule has 94 valence electrons. The van der Waals surface area contributed by atoms with Gasteiger partial charge in [-0.25, -0.2) is 0 Å². The zero-order valence-electron chi connectivity index (χ0n) is 8.66. The molecule has 0 spiro atoms. The second kappa shape index (κ2) is 6.06. The Morgan fingerprint density at radius 1 is 1.53 bits per heavy atom. The number of hydrogen-bond acceptors (Lipinski definition) is 5. The van der Waals surface area contributed by atoms with Crippen LogP contribution in [0.25, 0.3) is 0 Å². The van der Waals surface area contributed by atoms with Crippen LogP contribution in [0.3, 0.4) is 0 Å². The van der Waals surface area contributed by atoms with Crippen molar-refractivity contribution in [2.75, 3.05) is 0 Å². The number of rotatable bonds is 4. The van der Waals surface area contributed by atoms with Crippen molar-refractivity contribution in [3.63, 3.8) is 0 Å². The summed E-state index contributed by atoms with van der Waals surface area (Å²) in [7, 11) is 0. The van der Waals surface area contributed by atoms with Crippen LogP contribution in [-0.2, 0) is 11.2 Å². The van der Waals surface area contributed by atoms with E-state index in [-0.39, 0.29) is 19.9 Å². The zero-order valence-corrected chi connectivity index (χ0v) is 9.66. The molecule has 0 heterocycles. The normalized spacial score (nSPS) is 11.4. The molecule has 7 nitrogen and oxygen atoms in total. The number of nitrogens with two attached hydrogens (primary N) is 1. The van der Waals surface area contributed by atoms with Gasteiger partial charge in [0.25, 0.3) is 0 Å². The molecule has 1 aromatic carbocycles. The molecule has 1 rings (SSSR count). The Kier molecular flexibility index (Phi) is 5.42. The lowest BCUT2D eigenvalue weighted by Gasteiger charge is -2.06. The number of carboxylic acid groups (broad SMARTS) is 1. The first-order chi connectivity index (χ1) is 7.41. The van der Waals surface area contributed by atoms with E-state index in [1.54, 1.807) is 0 Å². The van der Waals surface area contributed by atoms with Crippen LogP contribution in [0.15, 0.2) is 18.2 Å². The Balaban J connectivity index is 0.00000256. The largest absolute Gasteiger partial charge is 0.502 e.